The maximum absolute atomic E-state index is 12.8. The molecule has 12 heteroatoms. The molecule has 6 nitrogen and oxygen atoms in total. The minimum atomic E-state index is -3.64. The average molecular weight is 848 g/mol. The number of hydrogen-bond donors (Lipinski definition) is 0. The number of aryl methyl sites for hydroxylation is 4. The first-order chi connectivity index (χ1) is 22.3. The SMILES string of the molecule is COc1ccc(S(=O)(=O)c2cc(C)c(C(=O)CBr)c(C)c2)cc1.COc1ccc(Sc2cc(C)c(C(=O)CBr)c(C)c2)cc1.ClCCl. The van der Waals surface area contributed by atoms with Crippen molar-refractivity contribution in [1.82, 2.24) is 0 Å². The Balaban J connectivity index is 0.000000303. The van der Waals surface area contributed by atoms with Crippen LogP contribution in [0.1, 0.15) is 43.0 Å². The number of ether oxygens (including phenoxy) is 2. The summed E-state index contributed by atoms with van der Waals surface area (Å²) in [4.78, 5) is 26.5. The van der Waals surface area contributed by atoms with Gasteiger partial charge in [-0.1, -0.05) is 43.6 Å². The number of benzene rings is 4. The Morgan fingerprint density at radius 3 is 1.36 bits per heavy atom. The van der Waals surface area contributed by atoms with Gasteiger partial charge in [0.2, 0.25) is 9.84 Å². The van der Waals surface area contributed by atoms with Crippen LogP contribution in [0, 0.1) is 27.7 Å². The maximum atomic E-state index is 12.8. The van der Waals surface area contributed by atoms with E-state index in [0.717, 1.165) is 32.2 Å². The molecule has 0 saturated heterocycles. The summed E-state index contributed by atoms with van der Waals surface area (Å²) in [5.74, 6) is 1.51. The van der Waals surface area contributed by atoms with Gasteiger partial charge in [0, 0.05) is 20.9 Å². The summed E-state index contributed by atoms with van der Waals surface area (Å²) in [6.07, 6.45) is 0. The smallest absolute Gasteiger partial charge is 0.206 e. The second kappa shape index (κ2) is 19.6. The van der Waals surface area contributed by atoms with Crippen LogP contribution < -0.4 is 9.47 Å². The zero-order valence-corrected chi connectivity index (χ0v) is 33.1. The Morgan fingerprint density at radius 2 is 1.00 bits per heavy atom. The minimum Gasteiger partial charge on any atom is -0.497 e. The predicted molar refractivity (Wildman–Crippen MR) is 200 cm³/mol. The summed E-state index contributed by atoms with van der Waals surface area (Å²) in [5, 5.41) is 0.763. The van der Waals surface area contributed by atoms with E-state index in [4.69, 9.17) is 32.7 Å². The number of Topliss-reactive ketones (excluding diaryl/α,β-unsaturated/α-hetero) is 2. The fraction of sp³-hybridized carbons (Fsp3) is 0.257. The van der Waals surface area contributed by atoms with Crippen LogP contribution in [0.2, 0.25) is 0 Å². The number of hydrogen-bond acceptors (Lipinski definition) is 7. The molecule has 0 radical (unpaired) electrons. The lowest BCUT2D eigenvalue weighted by Gasteiger charge is -2.12. The van der Waals surface area contributed by atoms with Gasteiger partial charge in [-0.15, -0.1) is 23.2 Å². The molecule has 4 aromatic rings. The highest BCUT2D eigenvalue weighted by atomic mass is 79.9. The Kier molecular flexibility index (Phi) is 17.0. The number of methoxy groups -OCH3 is 2. The van der Waals surface area contributed by atoms with Crippen molar-refractivity contribution in [3.63, 3.8) is 0 Å². The number of ketones is 2. The molecule has 4 aromatic carbocycles. The van der Waals surface area contributed by atoms with Crippen LogP contribution in [0.4, 0.5) is 0 Å². The predicted octanol–water partition coefficient (Wildman–Crippen LogP) is 10.2. The highest BCUT2D eigenvalue weighted by molar-refractivity contribution is 9.09. The van der Waals surface area contributed by atoms with E-state index in [-0.39, 0.29) is 32.0 Å². The standard InChI is InChI=1S/C17H17BrO4S.C17H17BrO2S.CH2Cl2/c1-11-8-15(9-12(2)17(11)16(19)10-18)23(20,21)14-6-4-13(22-3)5-7-14;1-11-8-15(9-12(2)17(11)16(19)10-18)21-14-6-4-13(20-3)5-7-14;2-1-3/h4-9H,10H2,1-3H3;4-9H,10H2,1-3H3;1H2. The molecular weight excluding hydrogens is 811 g/mol. The van der Waals surface area contributed by atoms with Gasteiger partial charge < -0.3 is 9.47 Å². The van der Waals surface area contributed by atoms with Crippen molar-refractivity contribution in [3.05, 3.63) is 106 Å². The maximum Gasteiger partial charge on any atom is 0.206 e. The molecule has 0 amide bonds. The van der Waals surface area contributed by atoms with Gasteiger partial charge in [0.1, 0.15) is 11.5 Å². The number of carbonyl (C=O) groups is 2. The third kappa shape index (κ3) is 11.4. The fourth-order valence-electron chi connectivity index (χ4n) is 4.75. The second-order valence-electron chi connectivity index (χ2n) is 10.0. The van der Waals surface area contributed by atoms with E-state index >= 15 is 0 Å². The van der Waals surface area contributed by atoms with E-state index in [9.17, 15) is 18.0 Å². The third-order valence-electron chi connectivity index (χ3n) is 6.79. The fourth-order valence-corrected chi connectivity index (χ4v) is 7.75. The van der Waals surface area contributed by atoms with Gasteiger partial charge in [-0.3, -0.25) is 9.59 Å². The first-order valence-corrected chi connectivity index (χ1v) is 19.6. The van der Waals surface area contributed by atoms with Crippen molar-refractivity contribution in [2.45, 2.75) is 47.3 Å². The molecule has 0 unspecified atom stereocenters. The quantitative estimate of drug-likeness (QED) is 0.116. The largest absolute Gasteiger partial charge is 0.497 e. The van der Waals surface area contributed by atoms with Crippen molar-refractivity contribution in [2.24, 2.45) is 0 Å². The molecule has 0 bridgehead atoms. The lowest BCUT2D eigenvalue weighted by molar-refractivity contribution is 0.101. The zero-order valence-electron chi connectivity index (χ0n) is 26.8. The molecule has 0 aromatic heterocycles. The molecule has 0 saturated carbocycles. The number of rotatable bonds is 10. The molecule has 47 heavy (non-hydrogen) atoms. The van der Waals surface area contributed by atoms with E-state index in [2.05, 4.69) is 44.0 Å². The third-order valence-corrected chi connectivity index (χ3v) is 10.5. The van der Waals surface area contributed by atoms with Gasteiger partial charge in [-0.25, -0.2) is 8.42 Å². The van der Waals surface area contributed by atoms with Gasteiger partial charge in [0.15, 0.2) is 11.6 Å². The van der Waals surface area contributed by atoms with Gasteiger partial charge in [0.25, 0.3) is 0 Å². The average Bonchev–Trinajstić information content (AvgIpc) is 3.04. The second-order valence-corrected chi connectivity index (χ2v) is 15.1. The monoisotopic (exact) mass is 844 g/mol. The van der Waals surface area contributed by atoms with Crippen molar-refractivity contribution >= 4 is 88.2 Å². The van der Waals surface area contributed by atoms with E-state index in [1.807, 2.05) is 38.1 Å². The van der Waals surface area contributed by atoms with Gasteiger partial charge in [0.05, 0.1) is 40.0 Å². The van der Waals surface area contributed by atoms with Crippen LogP contribution in [0.25, 0.3) is 0 Å². The summed E-state index contributed by atoms with van der Waals surface area (Å²) >= 11 is 17.6. The van der Waals surface area contributed by atoms with Gasteiger partial charge in [-0.2, -0.15) is 0 Å². The Hall–Kier alpha value is -2.34. The lowest BCUT2D eigenvalue weighted by atomic mass is 10.00. The highest BCUT2D eigenvalue weighted by Crippen LogP contribution is 2.32. The highest BCUT2D eigenvalue weighted by Gasteiger charge is 2.21. The molecule has 0 spiro atoms. The van der Waals surface area contributed by atoms with E-state index in [1.165, 1.54) is 19.2 Å². The van der Waals surface area contributed by atoms with Crippen LogP contribution >= 0.6 is 66.8 Å². The van der Waals surface area contributed by atoms with Gasteiger partial charge in [-0.05, 0) is 123 Å². The Bertz CT molecular complexity index is 1730. The Morgan fingerprint density at radius 1 is 0.638 bits per heavy atom. The van der Waals surface area contributed by atoms with Crippen LogP contribution in [0.15, 0.2) is 92.4 Å². The summed E-state index contributed by atoms with van der Waals surface area (Å²) < 4.78 is 35.7. The van der Waals surface area contributed by atoms with Crippen molar-refractivity contribution in [1.29, 1.82) is 0 Å². The topological polar surface area (TPSA) is 86.7 Å². The number of alkyl halides is 4. The van der Waals surface area contributed by atoms with Crippen LogP contribution in [0.5, 0.6) is 11.5 Å². The molecule has 0 aliphatic heterocycles. The summed E-state index contributed by atoms with van der Waals surface area (Å²) in [6, 6.07) is 21.4. The molecule has 252 valence electrons. The molecule has 0 atom stereocenters. The van der Waals surface area contributed by atoms with E-state index in [1.54, 1.807) is 57.0 Å². The molecule has 0 aliphatic carbocycles. The van der Waals surface area contributed by atoms with Crippen molar-refractivity contribution in [2.75, 3.05) is 30.2 Å². The summed E-state index contributed by atoms with van der Waals surface area (Å²) in [5.41, 5.74) is 4.75. The molecule has 0 aliphatic rings. The molecule has 0 N–H and O–H groups in total. The van der Waals surface area contributed by atoms with E-state index < -0.39 is 9.84 Å². The number of halogens is 4. The summed E-state index contributed by atoms with van der Waals surface area (Å²) in [6.45, 7) is 7.47. The molecule has 0 heterocycles. The van der Waals surface area contributed by atoms with Crippen LogP contribution in [0.3, 0.4) is 0 Å². The zero-order chi connectivity index (χ0) is 35.3. The normalized spacial score (nSPS) is 10.6. The first-order valence-electron chi connectivity index (χ1n) is 14.0. The number of sulfone groups is 1. The lowest BCUT2D eigenvalue weighted by Crippen LogP contribution is -2.09. The van der Waals surface area contributed by atoms with Gasteiger partial charge >= 0.3 is 0 Å². The molecule has 0 fully saturated rings. The summed E-state index contributed by atoms with van der Waals surface area (Å²) in [7, 11) is -0.452. The Labute approximate surface area is 308 Å². The van der Waals surface area contributed by atoms with Crippen molar-refractivity contribution < 1.29 is 27.5 Å². The van der Waals surface area contributed by atoms with E-state index in [0.29, 0.717) is 27.8 Å². The van der Waals surface area contributed by atoms with Crippen LogP contribution in [-0.4, -0.2) is 50.2 Å². The molecular formula is C35H36Br2Cl2O6S2. The van der Waals surface area contributed by atoms with Crippen molar-refractivity contribution in [3.8, 4) is 11.5 Å². The minimum absolute atomic E-state index is 0.0617. The first kappa shape index (κ1) is 40.8. The number of carbonyl (C=O) groups excluding carboxylic acids is 2. The van der Waals surface area contributed by atoms with Crippen LogP contribution in [-0.2, 0) is 9.84 Å². The molecule has 4 rings (SSSR count).